The summed E-state index contributed by atoms with van der Waals surface area (Å²) in [5.41, 5.74) is 1.32. The zero-order valence-electron chi connectivity index (χ0n) is 14.2. The molecule has 3 rings (SSSR count). The van der Waals surface area contributed by atoms with E-state index >= 15 is 0 Å². The Morgan fingerprint density at radius 1 is 1.15 bits per heavy atom. The minimum absolute atomic E-state index is 0.0685. The van der Waals surface area contributed by atoms with Crippen molar-refractivity contribution < 1.29 is 13.2 Å². The number of anilines is 1. The quantitative estimate of drug-likeness (QED) is 0.636. The number of fused-ring (bicyclic) bond motifs is 1. The second kappa shape index (κ2) is 7.11. The lowest BCUT2D eigenvalue weighted by molar-refractivity contribution is -0.138. The summed E-state index contributed by atoms with van der Waals surface area (Å²) in [7, 11) is 0. The maximum atomic E-state index is 13.3. The van der Waals surface area contributed by atoms with Crippen molar-refractivity contribution in [1.29, 1.82) is 0 Å². The van der Waals surface area contributed by atoms with Crippen molar-refractivity contribution in [2.75, 3.05) is 5.32 Å². The van der Waals surface area contributed by atoms with Gasteiger partial charge < -0.3 is 5.32 Å². The molecule has 1 atom stereocenters. The Bertz CT molecular complexity index is 941. The molecule has 1 unspecified atom stereocenters. The highest BCUT2D eigenvalue weighted by molar-refractivity contribution is 6.30. The van der Waals surface area contributed by atoms with Gasteiger partial charge in [0, 0.05) is 16.5 Å². The fraction of sp³-hybridized carbons (Fsp3) is 0.263. The van der Waals surface area contributed by atoms with Gasteiger partial charge in [-0.25, -0.2) is 9.97 Å². The predicted octanol–water partition coefficient (Wildman–Crippen LogP) is 5.65. The number of nitrogens with zero attached hydrogens (tertiary/aromatic N) is 2. The number of halogens is 4. The molecule has 1 aromatic heterocycles. The molecule has 0 saturated carbocycles. The number of benzene rings is 2. The molecule has 3 nitrogen and oxygen atoms in total. The molecule has 3 aromatic rings. The largest absolute Gasteiger partial charge is 0.416 e. The zero-order valence-corrected chi connectivity index (χ0v) is 15.0. The Morgan fingerprint density at radius 2 is 1.92 bits per heavy atom. The molecule has 26 heavy (non-hydrogen) atoms. The van der Waals surface area contributed by atoms with Gasteiger partial charge in [-0.1, -0.05) is 29.8 Å². The Labute approximate surface area is 154 Å². The van der Waals surface area contributed by atoms with Crippen molar-refractivity contribution in [2.45, 2.75) is 32.5 Å². The van der Waals surface area contributed by atoms with Crippen LogP contribution < -0.4 is 5.32 Å². The highest BCUT2D eigenvalue weighted by Crippen LogP contribution is 2.34. The summed E-state index contributed by atoms with van der Waals surface area (Å²) in [5.74, 6) is 0.605. The fourth-order valence-electron chi connectivity index (χ4n) is 2.96. The molecule has 0 fully saturated rings. The molecule has 0 aliphatic heterocycles. The maximum Gasteiger partial charge on any atom is 0.416 e. The van der Waals surface area contributed by atoms with E-state index in [1.54, 1.807) is 0 Å². The number of alkyl halides is 3. The number of hydrogen-bond donors (Lipinski definition) is 1. The van der Waals surface area contributed by atoms with Crippen LogP contribution in [-0.2, 0) is 12.6 Å². The normalized spacial score (nSPS) is 13.0. The van der Waals surface area contributed by atoms with Crippen LogP contribution in [0.2, 0.25) is 5.02 Å². The van der Waals surface area contributed by atoms with Gasteiger partial charge in [0.05, 0.1) is 11.1 Å². The summed E-state index contributed by atoms with van der Waals surface area (Å²) in [4.78, 5) is 8.52. The molecular weight excluding hydrogens is 363 g/mol. The minimum atomic E-state index is -4.45. The minimum Gasteiger partial charge on any atom is -0.367 e. The second-order valence-electron chi connectivity index (χ2n) is 6.24. The zero-order chi connectivity index (χ0) is 18.9. The average Bonchev–Trinajstić information content (AvgIpc) is 2.56. The Hall–Kier alpha value is -2.34. The van der Waals surface area contributed by atoms with Crippen LogP contribution in [-0.4, -0.2) is 16.0 Å². The summed E-state index contributed by atoms with van der Waals surface area (Å²) >= 11 is 5.74. The first kappa shape index (κ1) is 18.5. The average molecular weight is 380 g/mol. The summed E-state index contributed by atoms with van der Waals surface area (Å²) in [6, 6.07) is 9.33. The summed E-state index contributed by atoms with van der Waals surface area (Å²) in [6.45, 7) is 3.77. The lowest BCUT2D eigenvalue weighted by Crippen LogP contribution is -2.21. The highest BCUT2D eigenvalue weighted by atomic mass is 35.5. The third-order valence-electron chi connectivity index (χ3n) is 4.15. The van der Waals surface area contributed by atoms with E-state index in [1.807, 2.05) is 32.0 Å². The second-order valence-corrected chi connectivity index (χ2v) is 6.68. The van der Waals surface area contributed by atoms with E-state index in [0.29, 0.717) is 5.82 Å². The first-order valence-corrected chi connectivity index (χ1v) is 8.46. The van der Waals surface area contributed by atoms with Crippen LogP contribution in [0.1, 0.15) is 23.6 Å². The van der Waals surface area contributed by atoms with E-state index in [2.05, 4.69) is 15.3 Å². The predicted molar refractivity (Wildman–Crippen MR) is 97.5 cm³/mol. The van der Waals surface area contributed by atoms with Crippen LogP contribution in [0, 0.1) is 6.92 Å². The number of aromatic nitrogens is 2. The SMILES string of the molecule is Cc1cccc2c(NC(C)Cc3ccc(Cl)cc3C(F)(F)F)ncnc12. The van der Waals surface area contributed by atoms with E-state index in [0.717, 1.165) is 22.5 Å². The van der Waals surface area contributed by atoms with E-state index in [1.165, 1.54) is 18.5 Å². The van der Waals surface area contributed by atoms with Crippen molar-refractivity contribution in [1.82, 2.24) is 9.97 Å². The molecule has 2 aromatic carbocycles. The molecule has 0 bridgehead atoms. The topological polar surface area (TPSA) is 37.8 Å². The molecule has 0 aliphatic carbocycles. The molecule has 7 heteroatoms. The van der Waals surface area contributed by atoms with Crippen LogP contribution in [0.15, 0.2) is 42.7 Å². The first-order chi connectivity index (χ1) is 12.3. The molecule has 0 radical (unpaired) electrons. The van der Waals surface area contributed by atoms with E-state index in [-0.39, 0.29) is 23.0 Å². The van der Waals surface area contributed by atoms with Gasteiger partial charge in [-0.2, -0.15) is 13.2 Å². The lowest BCUT2D eigenvalue weighted by Gasteiger charge is -2.19. The van der Waals surface area contributed by atoms with Crippen molar-refractivity contribution in [3.05, 3.63) is 64.4 Å². The molecule has 0 aliphatic rings. The molecule has 0 spiro atoms. The number of rotatable bonds is 4. The van der Waals surface area contributed by atoms with Crippen LogP contribution in [0.25, 0.3) is 10.9 Å². The molecule has 136 valence electrons. The van der Waals surface area contributed by atoms with Crippen molar-refractivity contribution in [3.8, 4) is 0 Å². The number of aryl methyl sites for hydroxylation is 1. The summed E-state index contributed by atoms with van der Waals surface area (Å²) in [6.07, 6.45) is -2.81. The standard InChI is InChI=1S/C19H17ClF3N3/c1-11-4-3-5-15-17(11)24-10-25-18(15)26-12(2)8-13-6-7-14(20)9-16(13)19(21,22)23/h3-7,9-10,12H,8H2,1-2H3,(H,24,25,26). The van der Waals surface area contributed by atoms with Gasteiger partial charge in [0.2, 0.25) is 0 Å². The van der Waals surface area contributed by atoms with Crippen LogP contribution in [0.5, 0.6) is 0 Å². The summed E-state index contributed by atoms with van der Waals surface area (Å²) < 4.78 is 39.8. The van der Waals surface area contributed by atoms with Gasteiger partial charge in [-0.05, 0) is 49.6 Å². The third kappa shape index (κ3) is 3.90. The first-order valence-electron chi connectivity index (χ1n) is 8.08. The van der Waals surface area contributed by atoms with E-state index < -0.39 is 11.7 Å². The maximum absolute atomic E-state index is 13.3. The monoisotopic (exact) mass is 379 g/mol. The number of hydrogen-bond acceptors (Lipinski definition) is 3. The number of nitrogens with one attached hydrogen (secondary N) is 1. The molecule has 0 saturated heterocycles. The van der Waals surface area contributed by atoms with E-state index in [9.17, 15) is 13.2 Å². The number of para-hydroxylation sites is 1. The van der Waals surface area contributed by atoms with Gasteiger partial charge >= 0.3 is 6.18 Å². The van der Waals surface area contributed by atoms with Gasteiger partial charge in [-0.15, -0.1) is 0 Å². The Kier molecular flexibility index (Phi) is 5.05. The van der Waals surface area contributed by atoms with Crippen molar-refractivity contribution >= 4 is 28.3 Å². The highest BCUT2D eigenvalue weighted by Gasteiger charge is 2.33. The van der Waals surface area contributed by atoms with Crippen molar-refractivity contribution in [2.24, 2.45) is 0 Å². The fourth-order valence-corrected chi connectivity index (χ4v) is 3.13. The van der Waals surface area contributed by atoms with Gasteiger partial charge in [0.25, 0.3) is 0 Å². The van der Waals surface area contributed by atoms with Gasteiger partial charge in [0.15, 0.2) is 0 Å². The smallest absolute Gasteiger partial charge is 0.367 e. The molecule has 1 N–H and O–H groups in total. The van der Waals surface area contributed by atoms with Crippen molar-refractivity contribution in [3.63, 3.8) is 0 Å². The summed E-state index contributed by atoms with van der Waals surface area (Å²) in [5, 5.41) is 4.11. The molecule has 1 heterocycles. The molecule has 0 amide bonds. The molecular formula is C19H17ClF3N3. The van der Waals surface area contributed by atoms with Crippen LogP contribution in [0.3, 0.4) is 0 Å². The van der Waals surface area contributed by atoms with Crippen LogP contribution in [0.4, 0.5) is 19.0 Å². The van der Waals surface area contributed by atoms with Gasteiger partial charge in [0.1, 0.15) is 12.1 Å². The Morgan fingerprint density at radius 3 is 2.65 bits per heavy atom. The van der Waals surface area contributed by atoms with Gasteiger partial charge in [-0.3, -0.25) is 0 Å². The third-order valence-corrected chi connectivity index (χ3v) is 4.39. The Balaban J connectivity index is 1.87. The van der Waals surface area contributed by atoms with Crippen LogP contribution >= 0.6 is 11.6 Å². The lowest BCUT2D eigenvalue weighted by atomic mass is 10.0. The van der Waals surface area contributed by atoms with E-state index in [4.69, 9.17) is 11.6 Å².